The Bertz CT molecular complexity index is 1150. The van der Waals surface area contributed by atoms with Gasteiger partial charge in [-0.05, 0) is 48.4 Å². The highest BCUT2D eigenvalue weighted by molar-refractivity contribution is 7.18. The van der Waals surface area contributed by atoms with Crippen molar-refractivity contribution in [1.82, 2.24) is 20.4 Å². The Morgan fingerprint density at radius 1 is 1.48 bits per heavy atom. The Morgan fingerprint density at radius 3 is 3.17 bits per heavy atom. The number of rotatable bonds is 5. The van der Waals surface area contributed by atoms with Gasteiger partial charge in [-0.3, -0.25) is 9.59 Å². The van der Waals surface area contributed by atoms with Crippen LogP contribution in [0, 0.1) is 5.92 Å². The maximum absolute atomic E-state index is 12.9. The van der Waals surface area contributed by atoms with E-state index in [4.69, 9.17) is 4.74 Å². The molecule has 0 saturated heterocycles. The van der Waals surface area contributed by atoms with Crippen LogP contribution in [0.3, 0.4) is 0 Å². The number of carbonyl (C=O) groups is 1. The van der Waals surface area contributed by atoms with E-state index in [0.29, 0.717) is 21.9 Å². The Kier molecular flexibility index (Phi) is 5.39. The first-order valence-electron chi connectivity index (χ1n) is 9.39. The molecule has 3 aromatic rings. The van der Waals surface area contributed by atoms with Crippen LogP contribution in [0.4, 0.5) is 0 Å². The largest absolute Gasteiger partial charge is 0.497 e. The van der Waals surface area contributed by atoms with Crippen LogP contribution in [-0.4, -0.2) is 34.2 Å². The van der Waals surface area contributed by atoms with Gasteiger partial charge < -0.3 is 4.74 Å². The second kappa shape index (κ2) is 8.12. The molecule has 2 heterocycles. The lowest BCUT2D eigenvalue weighted by Crippen LogP contribution is -2.32. The van der Waals surface area contributed by atoms with E-state index >= 15 is 0 Å². The highest BCUT2D eigenvalue weighted by Crippen LogP contribution is 2.35. The van der Waals surface area contributed by atoms with Crippen molar-refractivity contribution in [2.24, 2.45) is 11.0 Å². The number of fused-ring (bicyclic) bond motifs is 3. The summed E-state index contributed by atoms with van der Waals surface area (Å²) >= 11 is 1.54. The normalized spacial score (nSPS) is 16.1. The summed E-state index contributed by atoms with van der Waals surface area (Å²) in [6.45, 7) is 1.98. The monoisotopic (exact) mass is 411 g/mol. The first kappa shape index (κ1) is 19.3. The molecule has 1 amide bonds. The lowest BCUT2D eigenvalue weighted by molar-refractivity contribution is -0.121. The van der Waals surface area contributed by atoms with Crippen molar-refractivity contribution in [3.8, 4) is 5.75 Å². The molecule has 2 aromatic heterocycles. The molecular formula is C20H21N5O3S. The third-order valence-corrected chi connectivity index (χ3v) is 6.11. The summed E-state index contributed by atoms with van der Waals surface area (Å²) in [5.74, 6) is 0.862. The number of amides is 1. The molecule has 0 unspecified atom stereocenters. The number of nitrogens with zero attached hydrogens (tertiary/aromatic N) is 4. The molecule has 29 heavy (non-hydrogen) atoms. The molecule has 1 N–H and O–H groups in total. The maximum atomic E-state index is 12.9. The second-order valence-electron chi connectivity index (χ2n) is 7.15. The quantitative estimate of drug-likeness (QED) is 0.512. The molecule has 4 rings (SSSR count). The molecule has 9 heteroatoms. The molecule has 1 aromatic carbocycles. The summed E-state index contributed by atoms with van der Waals surface area (Å²) < 4.78 is 6.25. The molecular weight excluding hydrogens is 390 g/mol. The fourth-order valence-corrected chi connectivity index (χ4v) is 4.79. The van der Waals surface area contributed by atoms with Crippen molar-refractivity contribution >= 4 is 33.7 Å². The van der Waals surface area contributed by atoms with Crippen LogP contribution < -0.4 is 15.7 Å². The number of carbonyl (C=O) groups excluding carboxylic acids is 1. The van der Waals surface area contributed by atoms with Crippen LogP contribution in [0.5, 0.6) is 5.75 Å². The number of hydrogen-bond donors (Lipinski definition) is 1. The van der Waals surface area contributed by atoms with Crippen molar-refractivity contribution in [2.45, 2.75) is 32.7 Å². The fourth-order valence-electron chi connectivity index (χ4n) is 3.47. The summed E-state index contributed by atoms with van der Waals surface area (Å²) in [6, 6.07) is 7.28. The Morgan fingerprint density at radius 2 is 2.34 bits per heavy atom. The maximum Gasteiger partial charge on any atom is 0.279 e. The minimum atomic E-state index is -0.447. The smallest absolute Gasteiger partial charge is 0.279 e. The first-order chi connectivity index (χ1) is 14.0. The van der Waals surface area contributed by atoms with Gasteiger partial charge in [-0.2, -0.15) is 5.10 Å². The van der Waals surface area contributed by atoms with Crippen LogP contribution in [0.15, 0.2) is 34.2 Å². The van der Waals surface area contributed by atoms with Gasteiger partial charge in [0.05, 0.1) is 18.7 Å². The SMILES string of the molecule is COc1cccc(C=NNC(=O)Cn2nnc3sc4c(c3c2=O)CC[C@H](C)C4)c1. The van der Waals surface area contributed by atoms with Crippen LogP contribution in [0.2, 0.25) is 0 Å². The highest BCUT2D eigenvalue weighted by Gasteiger charge is 2.24. The zero-order chi connectivity index (χ0) is 20.4. The fraction of sp³-hybridized carbons (Fsp3) is 0.350. The van der Waals surface area contributed by atoms with Crippen LogP contribution in [-0.2, 0) is 24.2 Å². The number of aromatic nitrogens is 3. The van der Waals surface area contributed by atoms with E-state index in [-0.39, 0.29) is 12.1 Å². The van der Waals surface area contributed by atoms with Crippen LogP contribution in [0.25, 0.3) is 10.2 Å². The van der Waals surface area contributed by atoms with E-state index in [9.17, 15) is 9.59 Å². The number of thiophene rings is 1. The Balaban J connectivity index is 1.49. The van der Waals surface area contributed by atoms with E-state index < -0.39 is 5.91 Å². The number of hydrogen-bond acceptors (Lipinski definition) is 7. The minimum Gasteiger partial charge on any atom is -0.497 e. The molecule has 8 nitrogen and oxygen atoms in total. The molecule has 0 spiro atoms. The van der Waals surface area contributed by atoms with Crippen LogP contribution in [0.1, 0.15) is 29.3 Å². The molecule has 150 valence electrons. The first-order valence-corrected chi connectivity index (χ1v) is 10.2. The lowest BCUT2D eigenvalue weighted by atomic mass is 9.89. The average molecular weight is 411 g/mol. The predicted molar refractivity (Wildman–Crippen MR) is 112 cm³/mol. The summed E-state index contributed by atoms with van der Waals surface area (Å²) in [5.41, 5.74) is 4.01. The van der Waals surface area contributed by atoms with E-state index in [1.165, 1.54) is 22.4 Å². The Hall–Kier alpha value is -3.07. The van der Waals surface area contributed by atoms with Gasteiger partial charge in [-0.25, -0.2) is 10.1 Å². The predicted octanol–water partition coefficient (Wildman–Crippen LogP) is 2.14. The van der Waals surface area contributed by atoms with Crippen LogP contribution >= 0.6 is 11.3 Å². The van der Waals surface area contributed by atoms with Crippen molar-refractivity contribution in [3.05, 3.63) is 50.6 Å². The number of aryl methyl sites for hydroxylation is 1. The van der Waals surface area contributed by atoms with E-state index in [0.717, 1.165) is 35.1 Å². The zero-order valence-corrected chi connectivity index (χ0v) is 17.0. The molecule has 0 fully saturated rings. The summed E-state index contributed by atoms with van der Waals surface area (Å²) in [7, 11) is 1.58. The molecule has 0 saturated carbocycles. The van der Waals surface area contributed by atoms with E-state index in [1.807, 2.05) is 18.2 Å². The molecule has 1 atom stereocenters. The molecule has 1 aliphatic carbocycles. The number of ether oxygens (including phenoxy) is 1. The van der Waals surface area contributed by atoms with Gasteiger partial charge in [0.1, 0.15) is 12.3 Å². The molecule has 0 aliphatic heterocycles. The van der Waals surface area contributed by atoms with Gasteiger partial charge in [-0.1, -0.05) is 24.3 Å². The van der Waals surface area contributed by atoms with Crippen molar-refractivity contribution in [1.29, 1.82) is 0 Å². The van der Waals surface area contributed by atoms with Crippen molar-refractivity contribution in [3.63, 3.8) is 0 Å². The zero-order valence-electron chi connectivity index (χ0n) is 16.2. The summed E-state index contributed by atoms with van der Waals surface area (Å²) in [5, 5.41) is 12.6. The number of benzene rings is 1. The number of nitrogens with one attached hydrogen (secondary N) is 1. The molecule has 0 radical (unpaired) electrons. The molecule has 0 bridgehead atoms. The highest BCUT2D eigenvalue weighted by atomic mass is 32.1. The number of hydrazone groups is 1. The van der Waals surface area contributed by atoms with Crippen molar-refractivity contribution in [2.75, 3.05) is 7.11 Å². The summed E-state index contributed by atoms with van der Waals surface area (Å²) in [6.07, 6.45) is 4.40. The van der Waals surface area contributed by atoms with Gasteiger partial charge in [0.15, 0.2) is 4.83 Å². The average Bonchev–Trinajstić information content (AvgIpc) is 3.08. The van der Waals surface area contributed by atoms with Gasteiger partial charge in [0.2, 0.25) is 0 Å². The summed E-state index contributed by atoms with van der Waals surface area (Å²) in [4.78, 5) is 27.0. The Labute approximate surface area is 171 Å². The van der Waals surface area contributed by atoms with Gasteiger partial charge in [0.25, 0.3) is 11.5 Å². The van der Waals surface area contributed by atoms with Gasteiger partial charge in [0, 0.05) is 4.88 Å². The topological polar surface area (TPSA) is 98.5 Å². The van der Waals surface area contributed by atoms with Crippen molar-refractivity contribution < 1.29 is 9.53 Å². The minimum absolute atomic E-state index is 0.238. The standard InChI is InChI=1S/C20H21N5O3S/c1-12-6-7-15-16(8-12)29-19-18(15)20(27)25(24-23-19)11-17(26)22-21-10-13-4-3-5-14(9-13)28-2/h3-5,9-10,12H,6-8,11H2,1-2H3,(H,22,26)/t12-/m0/s1. The van der Waals surface area contributed by atoms with Gasteiger partial charge in [-0.15, -0.1) is 16.4 Å². The van der Waals surface area contributed by atoms with E-state index in [2.05, 4.69) is 27.8 Å². The second-order valence-corrected chi connectivity index (χ2v) is 8.24. The van der Waals surface area contributed by atoms with Gasteiger partial charge >= 0.3 is 0 Å². The third-order valence-electron chi connectivity index (χ3n) is 4.97. The number of methoxy groups -OCH3 is 1. The van der Waals surface area contributed by atoms with E-state index in [1.54, 1.807) is 13.2 Å². The third kappa shape index (κ3) is 4.04. The lowest BCUT2D eigenvalue weighted by Gasteiger charge is -2.17. The molecule has 1 aliphatic rings.